The topological polar surface area (TPSA) is 89.3 Å². The molecule has 0 fully saturated rings. The average Bonchev–Trinajstić information content (AvgIpc) is 2.25. The van der Waals surface area contributed by atoms with E-state index in [0.29, 0.717) is 0 Å². The molecule has 1 rings (SSSR count). The minimum Gasteiger partial charge on any atom is -0.368 e. The molecule has 0 saturated carbocycles. The monoisotopic (exact) mass is 320 g/mol. The molecule has 1 aromatic carbocycles. The van der Waals surface area contributed by atoms with Crippen LogP contribution in [0.1, 0.15) is 27.2 Å². The van der Waals surface area contributed by atoms with E-state index in [2.05, 4.69) is 0 Å². The SMILES string of the molecule is CC(C)CC(C)(NS(=O)(=O)c1c(F)cccc1F)C(N)=O. The molecule has 21 heavy (non-hydrogen) atoms. The van der Waals surface area contributed by atoms with E-state index < -0.39 is 38.0 Å². The van der Waals surface area contributed by atoms with Crippen LogP contribution in [0.25, 0.3) is 0 Å². The van der Waals surface area contributed by atoms with Gasteiger partial charge in [-0.2, -0.15) is 4.72 Å². The van der Waals surface area contributed by atoms with Gasteiger partial charge in [-0.05, 0) is 31.4 Å². The molecule has 0 bridgehead atoms. The Balaban J connectivity index is 3.28. The standard InChI is InChI=1S/C13H18F2N2O3S/c1-8(2)7-13(3,12(16)18)17-21(19,20)11-9(14)5-4-6-10(11)15/h4-6,8,17H,7H2,1-3H3,(H2,16,18). The first-order valence-electron chi connectivity index (χ1n) is 6.27. The summed E-state index contributed by atoms with van der Waals surface area (Å²) in [6, 6.07) is 2.69. The number of halogens is 2. The zero-order chi connectivity index (χ0) is 16.4. The maximum Gasteiger partial charge on any atom is 0.247 e. The van der Waals surface area contributed by atoms with Crippen LogP contribution in [0.3, 0.4) is 0 Å². The minimum absolute atomic E-state index is 0.0596. The summed E-state index contributed by atoms with van der Waals surface area (Å²) in [6.07, 6.45) is 0.0949. The van der Waals surface area contributed by atoms with Crippen molar-refractivity contribution < 1.29 is 22.0 Å². The van der Waals surface area contributed by atoms with Crippen LogP contribution in [0.4, 0.5) is 8.78 Å². The number of benzene rings is 1. The van der Waals surface area contributed by atoms with E-state index in [1.165, 1.54) is 6.92 Å². The van der Waals surface area contributed by atoms with E-state index in [1.54, 1.807) is 13.8 Å². The normalized spacial score (nSPS) is 15.0. The minimum atomic E-state index is -4.57. The summed E-state index contributed by atoms with van der Waals surface area (Å²) in [4.78, 5) is 10.4. The lowest BCUT2D eigenvalue weighted by Crippen LogP contribution is -2.56. The van der Waals surface area contributed by atoms with Gasteiger partial charge in [-0.3, -0.25) is 4.79 Å². The molecule has 3 N–H and O–H groups in total. The summed E-state index contributed by atoms with van der Waals surface area (Å²) in [7, 11) is -4.57. The van der Waals surface area contributed by atoms with Gasteiger partial charge in [0.25, 0.3) is 0 Å². The zero-order valence-corrected chi connectivity index (χ0v) is 12.8. The highest BCUT2D eigenvalue weighted by molar-refractivity contribution is 7.89. The predicted molar refractivity (Wildman–Crippen MR) is 73.7 cm³/mol. The summed E-state index contributed by atoms with van der Waals surface area (Å²) < 4.78 is 53.6. The van der Waals surface area contributed by atoms with E-state index in [0.717, 1.165) is 18.2 Å². The van der Waals surface area contributed by atoms with Crippen molar-refractivity contribution in [3.8, 4) is 0 Å². The van der Waals surface area contributed by atoms with Crippen molar-refractivity contribution in [1.29, 1.82) is 0 Å². The average molecular weight is 320 g/mol. The fourth-order valence-corrected chi connectivity index (χ4v) is 3.62. The van der Waals surface area contributed by atoms with Crippen LogP contribution >= 0.6 is 0 Å². The van der Waals surface area contributed by atoms with Crippen LogP contribution in [-0.4, -0.2) is 19.9 Å². The fraction of sp³-hybridized carbons (Fsp3) is 0.462. The van der Waals surface area contributed by atoms with Crippen molar-refractivity contribution in [2.24, 2.45) is 11.7 Å². The second-order valence-corrected chi connectivity index (χ2v) is 7.07. The summed E-state index contributed by atoms with van der Waals surface area (Å²) in [5, 5.41) is 0. The lowest BCUT2D eigenvalue weighted by Gasteiger charge is -2.28. The number of hydrogen-bond donors (Lipinski definition) is 2. The van der Waals surface area contributed by atoms with Gasteiger partial charge in [0.1, 0.15) is 17.2 Å². The molecule has 1 unspecified atom stereocenters. The van der Waals surface area contributed by atoms with Crippen molar-refractivity contribution in [2.45, 2.75) is 37.6 Å². The number of rotatable bonds is 6. The highest BCUT2D eigenvalue weighted by Crippen LogP contribution is 2.23. The molecule has 0 heterocycles. The maximum atomic E-state index is 13.6. The molecule has 8 heteroatoms. The smallest absolute Gasteiger partial charge is 0.247 e. The van der Waals surface area contributed by atoms with Crippen LogP contribution < -0.4 is 10.5 Å². The molecule has 0 radical (unpaired) electrons. The van der Waals surface area contributed by atoms with Crippen molar-refractivity contribution in [2.75, 3.05) is 0 Å². The van der Waals surface area contributed by atoms with Gasteiger partial charge in [0.05, 0.1) is 0 Å². The van der Waals surface area contributed by atoms with Crippen LogP contribution in [-0.2, 0) is 14.8 Å². The number of nitrogens with two attached hydrogens (primary N) is 1. The Morgan fingerprint density at radius 1 is 1.33 bits per heavy atom. The third-order valence-corrected chi connectivity index (χ3v) is 4.55. The van der Waals surface area contributed by atoms with E-state index in [9.17, 15) is 22.0 Å². The number of nitrogens with one attached hydrogen (secondary N) is 1. The Morgan fingerprint density at radius 2 is 1.81 bits per heavy atom. The number of carbonyl (C=O) groups excluding carboxylic acids is 1. The molecule has 1 atom stereocenters. The van der Waals surface area contributed by atoms with Crippen LogP contribution in [0.5, 0.6) is 0 Å². The quantitative estimate of drug-likeness (QED) is 0.833. The van der Waals surface area contributed by atoms with Gasteiger partial charge in [0, 0.05) is 0 Å². The first-order chi connectivity index (χ1) is 9.49. The molecule has 1 amide bonds. The van der Waals surface area contributed by atoms with Gasteiger partial charge in [0.2, 0.25) is 15.9 Å². The second-order valence-electron chi connectivity index (χ2n) is 5.45. The summed E-state index contributed by atoms with van der Waals surface area (Å²) in [6.45, 7) is 4.81. The van der Waals surface area contributed by atoms with E-state index >= 15 is 0 Å². The second kappa shape index (κ2) is 6.07. The van der Waals surface area contributed by atoms with E-state index in [4.69, 9.17) is 5.73 Å². The molecule has 0 saturated heterocycles. The number of primary amides is 1. The van der Waals surface area contributed by atoms with Gasteiger partial charge >= 0.3 is 0 Å². The maximum absolute atomic E-state index is 13.6. The van der Waals surface area contributed by atoms with Crippen LogP contribution in [0.2, 0.25) is 0 Å². The molecule has 0 aliphatic heterocycles. The summed E-state index contributed by atoms with van der Waals surface area (Å²) in [5.41, 5.74) is 3.59. The summed E-state index contributed by atoms with van der Waals surface area (Å²) >= 11 is 0. The van der Waals surface area contributed by atoms with Gasteiger partial charge in [-0.1, -0.05) is 19.9 Å². The lowest BCUT2D eigenvalue weighted by molar-refractivity contribution is -0.123. The predicted octanol–water partition coefficient (Wildman–Crippen LogP) is 1.53. The number of sulfonamides is 1. The van der Waals surface area contributed by atoms with Crippen LogP contribution in [0, 0.1) is 17.6 Å². The first-order valence-corrected chi connectivity index (χ1v) is 7.76. The molecule has 118 valence electrons. The summed E-state index contributed by atoms with van der Waals surface area (Å²) in [5.74, 6) is -3.45. The lowest BCUT2D eigenvalue weighted by atomic mass is 9.91. The molecule has 1 aromatic rings. The Labute approximate surface area is 122 Å². The van der Waals surface area contributed by atoms with E-state index in [1.807, 2.05) is 4.72 Å². The highest BCUT2D eigenvalue weighted by atomic mass is 32.2. The largest absolute Gasteiger partial charge is 0.368 e. The molecular formula is C13H18F2N2O3S. The van der Waals surface area contributed by atoms with Crippen molar-refractivity contribution in [1.82, 2.24) is 4.72 Å². The Morgan fingerprint density at radius 3 is 2.19 bits per heavy atom. The number of hydrogen-bond acceptors (Lipinski definition) is 3. The molecular weight excluding hydrogens is 302 g/mol. The van der Waals surface area contributed by atoms with Gasteiger partial charge in [-0.15, -0.1) is 0 Å². The van der Waals surface area contributed by atoms with Gasteiger partial charge in [0.15, 0.2) is 4.90 Å². The number of carbonyl (C=O) groups is 1. The Kier molecular flexibility index (Phi) is 5.06. The van der Waals surface area contributed by atoms with Crippen LogP contribution in [0.15, 0.2) is 23.1 Å². The van der Waals surface area contributed by atoms with Crippen molar-refractivity contribution in [3.05, 3.63) is 29.8 Å². The molecule has 0 aliphatic carbocycles. The molecule has 0 aromatic heterocycles. The highest BCUT2D eigenvalue weighted by Gasteiger charge is 2.38. The molecule has 0 aliphatic rings. The van der Waals surface area contributed by atoms with Gasteiger partial charge in [-0.25, -0.2) is 17.2 Å². The zero-order valence-electron chi connectivity index (χ0n) is 12.0. The van der Waals surface area contributed by atoms with Crippen molar-refractivity contribution in [3.63, 3.8) is 0 Å². The van der Waals surface area contributed by atoms with Crippen molar-refractivity contribution >= 4 is 15.9 Å². The Hall–Kier alpha value is -1.54. The third kappa shape index (κ3) is 3.98. The van der Waals surface area contributed by atoms with Gasteiger partial charge < -0.3 is 5.73 Å². The fourth-order valence-electron chi connectivity index (χ4n) is 2.10. The molecule has 5 nitrogen and oxygen atoms in total. The van der Waals surface area contributed by atoms with E-state index in [-0.39, 0.29) is 12.3 Å². The number of amides is 1. The third-order valence-electron chi connectivity index (χ3n) is 2.91. The first kappa shape index (κ1) is 17.5. The molecule has 0 spiro atoms. The Bertz CT molecular complexity index is 627.